The fraction of sp³-hybridized carbons (Fsp3) is 0.333. The number of hydrogen-bond donors (Lipinski definition) is 0. The van der Waals surface area contributed by atoms with Crippen LogP contribution in [0.15, 0.2) is 35.1 Å². The van der Waals surface area contributed by atoms with Gasteiger partial charge in [-0.05, 0) is 30.9 Å². The van der Waals surface area contributed by atoms with Crippen molar-refractivity contribution in [1.29, 1.82) is 0 Å². The van der Waals surface area contributed by atoms with Crippen molar-refractivity contribution in [1.82, 2.24) is 9.47 Å². The van der Waals surface area contributed by atoms with Crippen LogP contribution in [0.5, 0.6) is 0 Å². The third kappa shape index (κ3) is 1.84. The van der Waals surface area contributed by atoms with Gasteiger partial charge in [0.25, 0.3) is 11.5 Å². The van der Waals surface area contributed by atoms with E-state index in [0.717, 1.165) is 24.9 Å². The number of carbonyl (C=O) groups excluding carboxylic acids is 1. The van der Waals surface area contributed by atoms with Gasteiger partial charge >= 0.3 is 0 Å². The molecule has 2 aromatic rings. The maximum Gasteiger partial charge on any atom is 0.270 e. The summed E-state index contributed by atoms with van der Waals surface area (Å²) >= 11 is 0. The molecule has 1 aliphatic heterocycles. The van der Waals surface area contributed by atoms with Crippen molar-refractivity contribution in [2.75, 3.05) is 13.1 Å². The molecule has 0 spiro atoms. The molecule has 0 saturated carbocycles. The summed E-state index contributed by atoms with van der Waals surface area (Å²) in [5, 5.41) is 1.51. The monoisotopic (exact) mass is 256 g/mol. The summed E-state index contributed by atoms with van der Waals surface area (Å²) in [6.07, 6.45) is 1.05. The molecule has 3 rings (SSSR count). The van der Waals surface area contributed by atoms with Gasteiger partial charge in [0.1, 0.15) is 5.69 Å². The van der Waals surface area contributed by atoms with E-state index in [-0.39, 0.29) is 11.5 Å². The van der Waals surface area contributed by atoms with Gasteiger partial charge in [-0.15, -0.1) is 0 Å². The molecule has 19 heavy (non-hydrogen) atoms. The van der Waals surface area contributed by atoms with Gasteiger partial charge in [0.05, 0.1) is 0 Å². The van der Waals surface area contributed by atoms with Crippen LogP contribution >= 0.6 is 0 Å². The van der Waals surface area contributed by atoms with E-state index in [1.807, 2.05) is 37.3 Å². The summed E-state index contributed by atoms with van der Waals surface area (Å²) in [7, 11) is 0. The molecule has 1 aliphatic rings. The van der Waals surface area contributed by atoms with E-state index in [9.17, 15) is 9.59 Å². The highest BCUT2D eigenvalue weighted by atomic mass is 16.2. The maximum absolute atomic E-state index is 12.4. The summed E-state index contributed by atoms with van der Waals surface area (Å²) in [6, 6.07) is 9.25. The first-order valence-corrected chi connectivity index (χ1v) is 6.64. The molecule has 0 aliphatic carbocycles. The molecule has 0 radical (unpaired) electrons. The van der Waals surface area contributed by atoms with Crippen LogP contribution in [-0.4, -0.2) is 28.5 Å². The van der Waals surface area contributed by atoms with Crippen LogP contribution in [0, 0.1) is 0 Å². The summed E-state index contributed by atoms with van der Waals surface area (Å²) < 4.78 is 1.57. The number of carbonyl (C=O) groups is 1. The summed E-state index contributed by atoms with van der Waals surface area (Å²) in [4.78, 5) is 26.6. The Labute approximate surface area is 111 Å². The molecule has 2 heterocycles. The highest BCUT2D eigenvalue weighted by molar-refractivity contribution is 5.97. The van der Waals surface area contributed by atoms with E-state index in [0.29, 0.717) is 17.6 Å². The smallest absolute Gasteiger partial charge is 0.270 e. The molecular weight excluding hydrogens is 240 g/mol. The lowest BCUT2D eigenvalue weighted by atomic mass is 10.1. The van der Waals surface area contributed by atoms with Gasteiger partial charge in [0, 0.05) is 25.0 Å². The van der Waals surface area contributed by atoms with Crippen molar-refractivity contribution in [2.45, 2.75) is 19.9 Å². The topological polar surface area (TPSA) is 42.3 Å². The molecule has 1 fully saturated rings. The van der Waals surface area contributed by atoms with Crippen LogP contribution in [-0.2, 0) is 6.54 Å². The van der Waals surface area contributed by atoms with Crippen molar-refractivity contribution < 1.29 is 4.79 Å². The zero-order valence-electron chi connectivity index (χ0n) is 10.9. The fourth-order valence-electron chi connectivity index (χ4n) is 2.47. The second-order valence-electron chi connectivity index (χ2n) is 4.81. The van der Waals surface area contributed by atoms with Crippen LogP contribution < -0.4 is 5.56 Å². The molecule has 0 unspecified atom stereocenters. The quantitative estimate of drug-likeness (QED) is 0.823. The van der Waals surface area contributed by atoms with Gasteiger partial charge < -0.3 is 9.47 Å². The van der Waals surface area contributed by atoms with Crippen LogP contribution in [0.3, 0.4) is 0 Å². The first kappa shape index (κ1) is 12.0. The van der Waals surface area contributed by atoms with Gasteiger partial charge in [-0.2, -0.15) is 0 Å². The third-order valence-corrected chi connectivity index (χ3v) is 3.70. The standard InChI is InChI=1S/C15H16N2O2/c1-2-17-13(15(19)16-8-5-9-16)10-11-6-3-4-7-12(11)14(17)18/h3-4,6-7,10H,2,5,8-9H2,1H3. The zero-order valence-corrected chi connectivity index (χ0v) is 10.9. The number of pyridine rings is 1. The summed E-state index contributed by atoms with van der Waals surface area (Å²) in [5.74, 6) is -0.0315. The van der Waals surface area contributed by atoms with Gasteiger partial charge in [-0.1, -0.05) is 18.2 Å². The number of hydrogen-bond acceptors (Lipinski definition) is 2. The molecule has 1 aromatic heterocycles. The number of nitrogens with zero attached hydrogens (tertiary/aromatic N) is 2. The Morgan fingerprint density at radius 1 is 1.26 bits per heavy atom. The van der Waals surface area contributed by atoms with Crippen molar-refractivity contribution in [3.8, 4) is 0 Å². The number of likely N-dealkylation sites (tertiary alicyclic amines) is 1. The van der Waals surface area contributed by atoms with E-state index in [4.69, 9.17) is 0 Å². The van der Waals surface area contributed by atoms with E-state index in [1.165, 1.54) is 0 Å². The van der Waals surface area contributed by atoms with Gasteiger partial charge in [0.2, 0.25) is 0 Å². The van der Waals surface area contributed by atoms with Crippen LogP contribution in [0.2, 0.25) is 0 Å². The Bertz CT molecular complexity index is 699. The zero-order chi connectivity index (χ0) is 13.4. The van der Waals surface area contributed by atoms with Crippen LogP contribution in [0.25, 0.3) is 10.8 Å². The maximum atomic E-state index is 12.4. The van der Waals surface area contributed by atoms with Crippen molar-refractivity contribution in [3.05, 3.63) is 46.4 Å². The van der Waals surface area contributed by atoms with Gasteiger partial charge in [0.15, 0.2) is 0 Å². The highest BCUT2D eigenvalue weighted by Crippen LogP contribution is 2.16. The first-order valence-electron chi connectivity index (χ1n) is 6.64. The molecule has 4 nitrogen and oxygen atoms in total. The molecule has 1 amide bonds. The van der Waals surface area contributed by atoms with E-state index >= 15 is 0 Å². The predicted octanol–water partition coefficient (Wildman–Crippen LogP) is 1.87. The van der Waals surface area contributed by atoms with E-state index in [2.05, 4.69) is 0 Å². The Kier molecular flexibility index (Phi) is 2.85. The Hall–Kier alpha value is -2.10. The highest BCUT2D eigenvalue weighted by Gasteiger charge is 2.24. The minimum absolute atomic E-state index is 0.0315. The number of amides is 1. The molecule has 1 saturated heterocycles. The van der Waals surface area contributed by atoms with Crippen LogP contribution in [0.4, 0.5) is 0 Å². The Morgan fingerprint density at radius 2 is 2.00 bits per heavy atom. The summed E-state index contributed by atoms with van der Waals surface area (Å²) in [6.45, 7) is 3.99. The number of benzene rings is 1. The molecule has 0 N–H and O–H groups in total. The normalized spacial score (nSPS) is 14.5. The average Bonchev–Trinajstić information content (AvgIpc) is 2.36. The molecule has 98 valence electrons. The van der Waals surface area contributed by atoms with Crippen molar-refractivity contribution in [2.24, 2.45) is 0 Å². The van der Waals surface area contributed by atoms with Crippen LogP contribution in [0.1, 0.15) is 23.8 Å². The molecular formula is C15H16N2O2. The van der Waals surface area contributed by atoms with Gasteiger partial charge in [-0.3, -0.25) is 9.59 Å². The largest absolute Gasteiger partial charge is 0.337 e. The average molecular weight is 256 g/mol. The second-order valence-corrected chi connectivity index (χ2v) is 4.81. The third-order valence-electron chi connectivity index (χ3n) is 3.70. The first-order chi connectivity index (χ1) is 9.22. The lowest BCUT2D eigenvalue weighted by molar-refractivity contribution is 0.0639. The lowest BCUT2D eigenvalue weighted by Gasteiger charge is -2.31. The fourth-order valence-corrected chi connectivity index (χ4v) is 2.47. The van der Waals surface area contributed by atoms with Crippen molar-refractivity contribution >= 4 is 16.7 Å². The number of rotatable bonds is 2. The summed E-state index contributed by atoms with van der Waals surface area (Å²) in [5.41, 5.74) is 0.426. The SMILES string of the molecule is CCn1c(C(=O)N2CCC2)cc2ccccc2c1=O. The predicted molar refractivity (Wildman–Crippen MR) is 74.4 cm³/mol. The van der Waals surface area contributed by atoms with E-state index < -0.39 is 0 Å². The molecule has 1 aromatic carbocycles. The molecule has 0 bridgehead atoms. The molecule has 4 heteroatoms. The van der Waals surface area contributed by atoms with Crippen molar-refractivity contribution in [3.63, 3.8) is 0 Å². The minimum Gasteiger partial charge on any atom is -0.337 e. The van der Waals surface area contributed by atoms with Gasteiger partial charge in [-0.25, -0.2) is 0 Å². The van der Waals surface area contributed by atoms with E-state index in [1.54, 1.807) is 9.47 Å². The Morgan fingerprint density at radius 3 is 2.63 bits per heavy atom. The number of fused-ring (bicyclic) bond motifs is 1. The second kappa shape index (κ2) is 4.53. The lowest BCUT2D eigenvalue weighted by Crippen LogP contribution is -2.44. The minimum atomic E-state index is -0.0792. The Balaban J connectivity index is 2.22. The molecule has 0 atom stereocenters. The number of aromatic nitrogens is 1.